The molecule has 0 aliphatic rings. The number of ether oxygens (including phenoxy) is 2. The number of hydrogen-bond acceptors (Lipinski definition) is 3. The molecule has 1 unspecified atom stereocenters. The lowest BCUT2D eigenvalue weighted by Crippen LogP contribution is -2.23. The van der Waals surface area contributed by atoms with E-state index in [0.29, 0.717) is 19.6 Å². The fourth-order valence-electron chi connectivity index (χ4n) is 1.46. The Morgan fingerprint density at radius 2 is 2.00 bits per heavy atom. The molecule has 17 heavy (non-hydrogen) atoms. The second-order valence-electron chi connectivity index (χ2n) is 3.79. The summed E-state index contributed by atoms with van der Waals surface area (Å²) in [5, 5.41) is 7.21. The minimum Gasteiger partial charge on any atom is -0.491 e. The van der Waals surface area contributed by atoms with Crippen LogP contribution in [0.1, 0.15) is 19.8 Å². The predicted octanol–water partition coefficient (Wildman–Crippen LogP) is 2.19. The molecule has 0 saturated carbocycles. The third kappa shape index (κ3) is 5.92. The predicted molar refractivity (Wildman–Crippen MR) is 68.5 cm³/mol. The molecule has 1 aromatic rings. The van der Waals surface area contributed by atoms with Crippen molar-refractivity contribution in [3.63, 3.8) is 0 Å². The van der Waals surface area contributed by atoms with Crippen LogP contribution < -0.4 is 10.5 Å². The summed E-state index contributed by atoms with van der Waals surface area (Å²) in [5.41, 5.74) is 5.34. The van der Waals surface area contributed by atoms with E-state index in [4.69, 9.17) is 20.6 Å². The van der Waals surface area contributed by atoms with Gasteiger partial charge in [-0.05, 0) is 18.6 Å². The first-order chi connectivity index (χ1) is 8.22. The van der Waals surface area contributed by atoms with Crippen LogP contribution in [0.15, 0.2) is 30.3 Å². The van der Waals surface area contributed by atoms with Crippen LogP contribution in [0.5, 0.6) is 5.75 Å². The van der Waals surface area contributed by atoms with Gasteiger partial charge >= 0.3 is 0 Å². The highest BCUT2D eigenvalue weighted by molar-refractivity contribution is 5.77. The van der Waals surface area contributed by atoms with Crippen molar-refractivity contribution in [3.8, 4) is 5.75 Å². The number of para-hydroxylation sites is 1. The topological polar surface area (TPSA) is 68.3 Å². The van der Waals surface area contributed by atoms with E-state index in [1.807, 2.05) is 37.3 Å². The second-order valence-corrected chi connectivity index (χ2v) is 3.79. The van der Waals surface area contributed by atoms with E-state index in [1.165, 1.54) is 0 Å². The van der Waals surface area contributed by atoms with Gasteiger partial charge in [0.25, 0.3) is 0 Å². The first-order valence-electron chi connectivity index (χ1n) is 5.84. The van der Waals surface area contributed by atoms with E-state index in [9.17, 15) is 0 Å². The Morgan fingerprint density at radius 3 is 2.59 bits per heavy atom. The quantitative estimate of drug-likeness (QED) is 0.413. The first-order valence-corrected chi connectivity index (χ1v) is 5.84. The summed E-state index contributed by atoms with van der Waals surface area (Å²) in [4.78, 5) is 0. The van der Waals surface area contributed by atoms with Gasteiger partial charge in [-0.25, -0.2) is 0 Å². The van der Waals surface area contributed by atoms with Gasteiger partial charge in [-0.2, -0.15) is 0 Å². The molecule has 0 heterocycles. The van der Waals surface area contributed by atoms with Crippen molar-refractivity contribution in [2.24, 2.45) is 5.73 Å². The zero-order valence-corrected chi connectivity index (χ0v) is 10.2. The Kier molecular flexibility index (Phi) is 6.10. The summed E-state index contributed by atoms with van der Waals surface area (Å²) in [6, 6.07) is 9.63. The highest BCUT2D eigenvalue weighted by Gasteiger charge is 2.07. The van der Waals surface area contributed by atoms with Crippen molar-refractivity contribution < 1.29 is 9.47 Å². The molecular weight excluding hydrogens is 216 g/mol. The summed E-state index contributed by atoms with van der Waals surface area (Å²) < 4.78 is 11.1. The minimum absolute atomic E-state index is 0.0203. The van der Waals surface area contributed by atoms with Crippen LogP contribution in [0.3, 0.4) is 0 Å². The molecular formula is C13H20N2O2. The molecule has 1 aromatic carbocycles. The van der Waals surface area contributed by atoms with Gasteiger partial charge in [-0.15, -0.1) is 0 Å². The van der Waals surface area contributed by atoms with E-state index in [-0.39, 0.29) is 11.9 Å². The van der Waals surface area contributed by atoms with E-state index >= 15 is 0 Å². The van der Waals surface area contributed by atoms with Crippen LogP contribution in [0.25, 0.3) is 0 Å². The van der Waals surface area contributed by atoms with Gasteiger partial charge in [-0.1, -0.05) is 25.1 Å². The average molecular weight is 236 g/mol. The zero-order valence-electron chi connectivity index (χ0n) is 10.2. The number of nitrogens with one attached hydrogen (secondary N) is 1. The second kappa shape index (κ2) is 7.68. The fraction of sp³-hybridized carbons (Fsp3) is 0.462. The molecule has 4 nitrogen and oxygen atoms in total. The highest BCUT2D eigenvalue weighted by Crippen LogP contribution is 2.08. The lowest BCUT2D eigenvalue weighted by atomic mass is 10.2. The molecule has 0 aliphatic carbocycles. The molecule has 0 bridgehead atoms. The molecule has 0 fully saturated rings. The number of nitrogens with two attached hydrogens (primary N) is 1. The minimum atomic E-state index is 0.0203. The SMILES string of the molecule is CCC(CC(=N)N)OCCOc1ccccc1. The standard InChI is InChI=1S/C13H20N2O2/c1-2-11(10-13(14)15)16-8-9-17-12-6-4-3-5-7-12/h3-7,11H,2,8-10H2,1H3,(H3,14,15). The Balaban J connectivity index is 2.16. The van der Waals surface area contributed by atoms with Crippen molar-refractivity contribution in [3.05, 3.63) is 30.3 Å². The van der Waals surface area contributed by atoms with Gasteiger partial charge in [0.15, 0.2) is 0 Å². The van der Waals surface area contributed by atoms with Gasteiger partial charge in [-0.3, -0.25) is 5.41 Å². The third-order valence-corrected chi connectivity index (χ3v) is 2.35. The Bertz CT molecular complexity index is 327. The van der Waals surface area contributed by atoms with E-state index in [2.05, 4.69) is 0 Å². The normalized spacial score (nSPS) is 12.1. The zero-order chi connectivity index (χ0) is 12.5. The lowest BCUT2D eigenvalue weighted by Gasteiger charge is -2.15. The molecule has 1 atom stereocenters. The van der Waals surface area contributed by atoms with Crippen molar-refractivity contribution in [2.75, 3.05) is 13.2 Å². The van der Waals surface area contributed by atoms with Crippen molar-refractivity contribution in [1.82, 2.24) is 0 Å². The van der Waals surface area contributed by atoms with Crippen LogP contribution in [-0.4, -0.2) is 25.2 Å². The van der Waals surface area contributed by atoms with Crippen LogP contribution >= 0.6 is 0 Å². The van der Waals surface area contributed by atoms with Gasteiger partial charge in [0.2, 0.25) is 0 Å². The van der Waals surface area contributed by atoms with E-state index in [0.717, 1.165) is 12.2 Å². The summed E-state index contributed by atoms with van der Waals surface area (Å²) in [6.45, 7) is 3.05. The van der Waals surface area contributed by atoms with Crippen LogP contribution in [0.4, 0.5) is 0 Å². The largest absolute Gasteiger partial charge is 0.491 e. The lowest BCUT2D eigenvalue weighted by molar-refractivity contribution is 0.0357. The maximum absolute atomic E-state index is 7.21. The Labute approximate surface area is 102 Å². The van der Waals surface area contributed by atoms with Gasteiger partial charge in [0.1, 0.15) is 12.4 Å². The number of benzene rings is 1. The molecule has 4 heteroatoms. The van der Waals surface area contributed by atoms with Gasteiger partial charge < -0.3 is 15.2 Å². The molecule has 0 saturated heterocycles. The summed E-state index contributed by atoms with van der Waals surface area (Å²) in [6.07, 6.45) is 1.36. The fourth-order valence-corrected chi connectivity index (χ4v) is 1.46. The third-order valence-electron chi connectivity index (χ3n) is 2.35. The van der Waals surface area contributed by atoms with E-state index < -0.39 is 0 Å². The molecule has 1 rings (SSSR count). The molecule has 0 radical (unpaired) electrons. The van der Waals surface area contributed by atoms with Crippen molar-refractivity contribution in [1.29, 1.82) is 5.41 Å². The van der Waals surface area contributed by atoms with Crippen molar-refractivity contribution >= 4 is 5.84 Å². The van der Waals surface area contributed by atoms with E-state index in [1.54, 1.807) is 0 Å². The number of hydrogen-bond donors (Lipinski definition) is 2. The van der Waals surface area contributed by atoms with Gasteiger partial charge in [0, 0.05) is 6.42 Å². The van der Waals surface area contributed by atoms with Crippen LogP contribution in [0.2, 0.25) is 0 Å². The Hall–Kier alpha value is -1.55. The number of rotatable bonds is 8. The summed E-state index contributed by atoms with van der Waals surface area (Å²) >= 11 is 0. The molecule has 0 aliphatic heterocycles. The summed E-state index contributed by atoms with van der Waals surface area (Å²) in [5.74, 6) is 1.01. The highest BCUT2D eigenvalue weighted by atomic mass is 16.5. The monoisotopic (exact) mass is 236 g/mol. The summed E-state index contributed by atoms with van der Waals surface area (Å²) in [7, 11) is 0. The van der Waals surface area contributed by atoms with Crippen LogP contribution in [0, 0.1) is 5.41 Å². The van der Waals surface area contributed by atoms with Crippen LogP contribution in [-0.2, 0) is 4.74 Å². The molecule has 0 aromatic heterocycles. The Morgan fingerprint density at radius 1 is 1.29 bits per heavy atom. The maximum atomic E-state index is 7.21. The molecule has 3 N–H and O–H groups in total. The average Bonchev–Trinajstić information content (AvgIpc) is 2.34. The molecule has 94 valence electrons. The number of amidine groups is 1. The smallest absolute Gasteiger partial charge is 0.119 e. The van der Waals surface area contributed by atoms with Gasteiger partial charge in [0.05, 0.1) is 18.5 Å². The molecule has 0 amide bonds. The first kappa shape index (κ1) is 13.5. The molecule has 0 spiro atoms. The van der Waals surface area contributed by atoms with Crippen molar-refractivity contribution in [2.45, 2.75) is 25.9 Å². The maximum Gasteiger partial charge on any atom is 0.119 e.